The Kier molecular flexibility index (Phi) is 22.4. The van der Waals surface area contributed by atoms with Crippen LogP contribution in [0.3, 0.4) is 0 Å². The molecule has 10 atom stereocenters. The molecule has 9 rings (SSSR count). The number of rotatable bonds is 30. The summed E-state index contributed by atoms with van der Waals surface area (Å²) in [6, 6.07) is 61.7. The molecule has 3 aliphatic rings. The van der Waals surface area contributed by atoms with Crippen molar-refractivity contribution in [1.82, 2.24) is 0 Å². The molecule has 78 heavy (non-hydrogen) atoms. The Morgan fingerprint density at radius 3 is 1.32 bits per heavy atom. The van der Waals surface area contributed by atoms with Gasteiger partial charge in [-0.25, -0.2) is 0 Å². The Labute approximate surface area is 469 Å². The van der Waals surface area contributed by atoms with E-state index in [0.717, 1.165) is 67.9 Å². The van der Waals surface area contributed by atoms with E-state index in [1.54, 1.807) is 0 Å². The predicted octanol–water partition coefficient (Wildman–Crippen LogP) is 13.3. The van der Waals surface area contributed by atoms with Crippen molar-refractivity contribution in [2.45, 2.75) is 175 Å². The van der Waals surface area contributed by atoms with E-state index >= 15 is 0 Å². The first-order chi connectivity index (χ1) is 38.3. The van der Waals surface area contributed by atoms with Crippen LogP contribution in [0.4, 0.5) is 0 Å². The van der Waals surface area contributed by atoms with Gasteiger partial charge in [0.1, 0.15) is 0 Å². The molecule has 0 spiro atoms. The van der Waals surface area contributed by atoms with Crippen molar-refractivity contribution >= 4 is 19.2 Å². The van der Waals surface area contributed by atoms with Crippen LogP contribution in [0.1, 0.15) is 93.2 Å². The Balaban J connectivity index is 1.14. The molecular formula is C66H82O11Sn. The van der Waals surface area contributed by atoms with Gasteiger partial charge in [0.15, 0.2) is 0 Å². The van der Waals surface area contributed by atoms with Crippen LogP contribution in [-0.2, 0) is 88.4 Å². The maximum atomic E-state index is 7.86. The molecule has 0 radical (unpaired) electrons. The average molecular weight is 1170 g/mol. The summed E-state index contributed by atoms with van der Waals surface area (Å²) in [6.07, 6.45) is -1.23. The fraction of sp³-hybridized carbons (Fsp3) is 0.455. The van der Waals surface area contributed by atoms with Gasteiger partial charge in [-0.3, -0.25) is 0 Å². The molecule has 0 saturated carbocycles. The van der Waals surface area contributed by atoms with Gasteiger partial charge in [-0.1, -0.05) is 12.1 Å². The van der Waals surface area contributed by atoms with Gasteiger partial charge in [0.05, 0.1) is 0 Å². The first kappa shape index (κ1) is 58.3. The molecule has 12 heteroatoms. The SMILES string of the molecule is CCC[CH2][Sn]1([CH2]CCC)[O][C@@H]([C@@H](OCc2ccccc2)[C@H](OCc2ccccc2)[C@@H]2COC(C)(C)O2)[C@H](C[C@@H]2O[C@H](COCc3ccccc3)[C@@H](OCc3ccccc3)[C@H](OCc3ccccc3)[C@H]2OCc2ccccc2)[O]1. The van der Waals surface area contributed by atoms with E-state index in [4.69, 9.17) is 48.8 Å². The van der Waals surface area contributed by atoms with Crippen molar-refractivity contribution in [2.75, 3.05) is 13.2 Å². The monoisotopic (exact) mass is 1170 g/mol. The van der Waals surface area contributed by atoms with Crippen LogP contribution >= 0.6 is 0 Å². The molecule has 416 valence electrons. The van der Waals surface area contributed by atoms with Crippen molar-refractivity contribution in [3.8, 4) is 0 Å². The number of unbranched alkanes of at least 4 members (excludes halogenated alkanes) is 2. The molecule has 0 aliphatic carbocycles. The van der Waals surface area contributed by atoms with Crippen molar-refractivity contribution in [3.63, 3.8) is 0 Å². The molecule has 11 nitrogen and oxygen atoms in total. The molecule has 0 N–H and O–H groups in total. The molecule has 3 heterocycles. The van der Waals surface area contributed by atoms with Crippen molar-refractivity contribution in [3.05, 3.63) is 215 Å². The summed E-state index contributed by atoms with van der Waals surface area (Å²) in [7, 11) is 0. The second-order valence-corrected chi connectivity index (χ2v) is 30.9. The summed E-state index contributed by atoms with van der Waals surface area (Å²) < 4.78 is 81.0. The third-order valence-corrected chi connectivity index (χ3v) is 25.4. The number of benzene rings is 6. The van der Waals surface area contributed by atoms with Crippen LogP contribution in [0.15, 0.2) is 182 Å². The van der Waals surface area contributed by atoms with E-state index in [9.17, 15) is 0 Å². The standard InChI is InChI=1S/C58H64O11.2C4H9.Sn/c1-58(2)67-41-51(69-58)55(64-37-45-27-15-6-16-28-45)56(65-38-46-29-17-7-18-30-46)52(60)48(59)33-49-53(62-35-43-23-11-4-12-24-43)57(66-39-47-31-19-8-20-32-47)54(63-36-44-25-13-5-14-26-44)50(68-49)40-61-34-42-21-9-3-10-22-42;2*1-3-4-2;/h3-32,48-57H,33-41H2,1-2H3;2*1,3-4H2,2H3;/q-2;;;+2/t48-,49-,50+,51-,52+,53-,54+,55+,56+,57+;;;/m0.../s1. The van der Waals surface area contributed by atoms with Gasteiger partial charge in [0.25, 0.3) is 0 Å². The molecule has 0 bridgehead atoms. The molecular weight excluding hydrogens is 1090 g/mol. The van der Waals surface area contributed by atoms with Crippen LogP contribution in [0, 0.1) is 0 Å². The molecule has 6 aromatic carbocycles. The predicted molar refractivity (Wildman–Crippen MR) is 304 cm³/mol. The summed E-state index contributed by atoms with van der Waals surface area (Å²) in [4.78, 5) is 0. The van der Waals surface area contributed by atoms with Crippen molar-refractivity contribution < 1.29 is 48.8 Å². The molecule has 0 unspecified atom stereocenters. The Bertz CT molecular complexity index is 2570. The van der Waals surface area contributed by atoms with Crippen molar-refractivity contribution in [2.24, 2.45) is 0 Å². The quantitative estimate of drug-likeness (QED) is 0.0403. The molecule has 0 aromatic heterocycles. The zero-order valence-corrected chi connectivity index (χ0v) is 49.0. The number of ether oxygens (including phenoxy) is 9. The second-order valence-electron chi connectivity index (χ2n) is 21.5. The molecule has 3 saturated heterocycles. The van der Waals surface area contributed by atoms with Gasteiger partial charge in [-0.2, -0.15) is 0 Å². The normalized spacial score (nSPS) is 24.5. The summed E-state index contributed by atoms with van der Waals surface area (Å²) in [5.74, 6) is -0.828. The van der Waals surface area contributed by atoms with Crippen LogP contribution in [0.5, 0.6) is 0 Å². The molecule has 0 amide bonds. The average Bonchev–Trinajstić information content (AvgIpc) is 4.05. The van der Waals surface area contributed by atoms with Gasteiger partial charge in [-0.15, -0.1) is 0 Å². The minimum atomic E-state index is -3.99. The van der Waals surface area contributed by atoms with E-state index in [2.05, 4.69) is 86.6 Å². The Morgan fingerprint density at radius 2 is 0.885 bits per heavy atom. The van der Waals surface area contributed by atoms with E-state index in [1.165, 1.54) is 0 Å². The Hall–Kier alpha value is -4.32. The van der Waals surface area contributed by atoms with E-state index in [0.29, 0.717) is 52.7 Å². The van der Waals surface area contributed by atoms with Gasteiger partial charge < -0.3 is 0 Å². The zero-order valence-electron chi connectivity index (χ0n) is 46.2. The fourth-order valence-corrected chi connectivity index (χ4v) is 22.7. The topological polar surface area (TPSA) is 102 Å². The fourth-order valence-electron chi connectivity index (χ4n) is 10.9. The molecule has 3 fully saturated rings. The van der Waals surface area contributed by atoms with Gasteiger partial charge >= 0.3 is 460 Å². The maximum absolute atomic E-state index is 7.86. The van der Waals surface area contributed by atoms with Crippen LogP contribution in [0.2, 0.25) is 8.87 Å². The van der Waals surface area contributed by atoms with Gasteiger partial charge in [0.2, 0.25) is 0 Å². The summed E-state index contributed by atoms with van der Waals surface area (Å²) >= 11 is -3.99. The summed E-state index contributed by atoms with van der Waals surface area (Å²) in [5.41, 5.74) is 6.28. The first-order valence-electron chi connectivity index (χ1n) is 28.5. The third-order valence-electron chi connectivity index (χ3n) is 15.0. The number of hydrogen-bond donors (Lipinski definition) is 0. The zero-order chi connectivity index (χ0) is 53.8. The van der Waals surface area contributed by atoms with Gasteiger partial charge in [-0.05, 0) is 0 Å². The third kappa shape index (κ3) is 16.9. The first-order valence-corrected chi connectivity index (χ1v) is 34.9. The van der Waals surface area contributed by atoms with E-state index in [-0.39, 0.29) is 6.61 Å². The van der Waals surface area contributed by atoms with Gasteiger partial charge in [0, 0.05) is 0 Å². The van der Waals surface area contributed by atoms with Crippen LogP contribution < -0.4 is 0 Å². The van der Waals surface area contributed by atoms with Crippen LogP contribution in [-0.4, -0.2) is 99.2 Å². The molecule has 3 aliphatic heterocycles. The summed E-state index contributed by atoms with van der Waals surface area (Å²) in [5, 5.41) is 0. The van der Waals surface area contributed by atoms with E-state index < -0.39 is 86.0 Å². The van der Waals surface area contributed by atoms with E-state index in [1.807, 2.05) is 123 Å². The van der Waals surface area contributed by atoms with Crippen molar-refractivity contribution in [1.29, 1.82) is 0 Å². The summed E-state index contributed by atoms with van der Waals surface area (Å²) in [6.45, 7) is 11.1. The minimum absolute atomic E-state index is 0.246. The second kappa shape index (κ2) is 29.9. The Morgan fingerprint density at radius 1 is 0.474 bits per heavy atom. The van der Waals surface area contributed by atoms with Crippen LogP contribution in [0.25, 0.3) is 0 Å². The number of hydrogen-bond acceptors (Lipinski definition) is 11. The molecule has 6 aromatic rings.